The van der Waals surface area contributed by atoms with Gasteiger partial charge in [0.1, 0.15) is 17.5 Å². The number of ether oxygens (including phenoxy) is 2. The highest BCUT2D eigenvalue weighted by Crippen LogP contribution is 2.29. The van der Waals surface area contributed by atoms with E-state index < -0.39 is 5.60 Å². The molecule has 0 unspecified atom stereocenters. The van der Waals surface area contributed by atoms with E-state index in [2.05, 4.69) is 40.2 Å². The molecule has 3 aromatic rings. The molecule has 0 saturated carbocycles. The van der Waals surface area contributed by atoms with Gasteiger partial charge in [-0.05, 0) is 62.7 Å². The van der Waals surface area contributed by atoms with Crippen molar-refractivity contribution in [2.24, 2.45) is 5.92 Å². The van der Waals surface area contributed by atoms with Gasteiger partial charge in [-0.3, -0.25) is 4.79 Å². The smallest absolute Gasteiger partial charge is 0.312 e. The number of aromatic nitrogens is 2. The monoisotopic (exact) mass is 527 g/mol. The number of nitriles is 1. The number of hydrogen-bond acceptors (Lipinski definition) is 9. The number of nitrogens with zero attached hydrogens (tertiary/aromatic N) is 5. The van der Waals surface area contributed by atoms with Gasteiger partial charge in [-0.2, -0.15) is 5.26 Å². The Hall–Kier alpha value is -4.00. The summed E-state index contributed by atoms with van der Waals surface area (Å²) in [5.41, 5.74) is 3.75. The van der Waals surface area contributed by atoms with Crippen LogP contribution in [0, 0.1) is 17.2 Å². The van der Waals surface area contributed by atoms with Crippen LogP contribution in [0.1, 0.15) is 37.7 Å². The molecule has 2 fully saturated rings. The Bertz CT molecular complexity index is 1350. The number of morpholine rings is 1. The third kappa shape index (κ3) is 6.72. The van der Waals surface area contributed by atoms with Crippen LogP contribution in [0.4, 0.5) is 5.69 Å². The van der Waals surface area contributed by atoms with Gasteiger partial charge in [-0.25, -0.2) is 9.97 Å². The van der Waals surface area contributed by atoms with Crippen LogP contribution in [0.25, 0.3) is 11.3 Å². The van der Waals surface area contributed by atoms with Gasteiger partial charge in [-0.15, -0.1) is 5.06 Å². The van der Waals surface area contributed by atoms with Gasteiger partial charge in [0.05, 0.1) is 30.4 Å². The molecular formula is C30H33N5O4. The van der Waals surface area contributed by atoms with Crippen LogP contribution >= 0.6 is 0 Å². The third-order valence-corrected chi connectivity index (χ3v) is 6.59. The SMILES string of the molecule is CC(C)(C)OC(=O)C1CN(Oc2ccc(-c3ccnc(Cc4ccc(N5CCOCC5)cc4)n3)cc2C#N)C1. The first kappa shape index (κ1) is 26.6. The molecule has 3 heterocycles. The third-order valence-electron chi connectivity index (χ3n) is 6.59. The van der Waals surface area contributed by atoms with Gasteiger partial charge in [0, 0.05) is 50.0 Å². The Balaban J connectivity index is 1.22. The summed E-state index contributed by atoms with van der Waals surface area (Å²) in [4.78, 5) is 29.6. The van der Waals surface area contributed by atoms with E-state index in [-0.39, 0.29) is 11.9 Å². The highest BCUT2D eigenvalue weighted by atomic mass is 16.7. The van der Waals surface area contributed by atoms with E-state index in [0.29, 0.717) is 36.6 Å². The fourth-order valence-corrected chi connectivity index (χ4v) is 4.52. The summed E-state index contributed by atoms with van der Waals surface area (Å²) in [6.45, 7) is 9.72. The van der Waals surface area contributed by atoms with E-state index in [0.717, 1.165) is 43.1 Å². The van der Waals surface area contributed by atoms with E-state index in [1.165, 1.54) is 5.69 Å². The summed E-state index contributed by atoms with van der Waals surface area (Å²) < 4.78 is 10.9. The van der Waals surface area contributed by atoms with Crippen LogP contribution in [0.15, 0.2) is 54.7 Å². The number of carbonyl (C=O) groups is 1. The highest BCUT2D eigenvalue weighted by molar-refractivity contribution is 5.74. The molecule has 2 aliphatic rings. The minimum absolute atomic E-state index is 0.231. The fourth-order valence-electron chi connectivity index (χ4n) is 4.52. The molecule has 39 heavy (non-hydrogen) atoms. The Kier molecular flexibility index (Phi) is 7.77. The van der Waals surface area contributed by atoms with E-state index in [9.17, 15) is 10.1 Å². The maximum Gasteiger partial charge on any atom is 0.312 e. The van der Waals surface area contributed by atoms with Crippen LogP contribution in [0.2, 0.25) is 0 Å². The van der Waals surface area contributed by atoms with Gasteiger partial charge < -0.3 is 19.2 Å². The number of carbonyl (C=O) groups excluding carboxylic acids is 1. The van der Waals surface area contributed by atoms with Crippen molar-refractivity contribution in [2.45, 2.75) is 32.8 Å². The molecule has 0 N–H and O–H groups in total. The second kappa shape index (κ2) is 11.4. The molecule has 2 aliphatic heterocycles. The molecule has 9 heteroatoms. The van der Waals surface area contributed by atoms with Crippen molar-refractivity contribution in [1.29, 1.82) is 5.26 Å². The average Bonchev–Trinajstić information content (AvgIpc) is 2.90. The van der Waals surface area contributed by atoms with Crippen molar-refractivity contribution in [2.75, 3.05) is 44.3 Å². The van der Waals surface area contributed by atoms with Crippen molar-refractivity contribution in [3.63, 3.8) is 0 Å². The highest BCUT2D eigenvalue weighted by Gasteiger charge is 2.37. The summed E-state index contributed by atoms with van der Waals surface area (Å²) in [5, 5.41) is 11.4. The van der Waals surface area contributed by atoms with Gasteiger partial charge in [0.15, 0.2) is 5.75 Å². The average molecular weight is 528 g/mol. The summed E-state index contributed by atoms with van der Waals surface area (Å²) >= 11 is 0. The maximum absolute atomic E-state index is 12.2. The first-order valence-corrected chi connectivity index (χ1v) is 13.2. The molecular weight excluding hydrogens is 494 g/mol. The number of anilines is 1. The molecule has 1 aromatic heterocycles. The largest absolute Gasteiger partial charge is 0.460 e. The number of hydroxylamine groups is 2. The molecule has 9 nitrogen and oxygen atoms in total. The lowest BCUT2D eigenvalue weighted by Gasteiger charge is -2.37. The van der Waals surface area contributed by atoms with Crippen LogP contribution in [0.5, 0.6) is 5.75 Å². The van der Waals surface area contributed by atoms with Gasteiger partial charge in [-0.1, -0.05) is 12.1 Å². The molecule has 202 valence electrons. The normalized spacial score (nSPS) is 16.3. The molecule has 0 radical (unpaired) electrons. The first-order valence-electron chi connectivity index (χ1n) is 13.2. The molecule has 0 atom stereocenters. The lowest BCUT2D eigenvalue weighted by molar-refractivity contribution is -0.187. The van der Waals surface area contributed by atoms with Gasteiger partial charge >= 0.3 is 5.97 Å². The lowest BCUT2D eigenvalue weighted by Crippen LogP contribution is -2.53. The molecule has 0 amide bonds. The molecule has 2 aromatic carbocycles. The van der Waals surface area contributed by atoms with E-state index in [1.54, 1.807) is 23.4 Å². The lowest BCUT2D eigenvalue weighted by atomic mass is 10.0. The van der Waals surface area contributed by atoms with Crippen molar-refractivity contribution < 1.29 is 19.1 Å². The van der Waals surface area contributed by atoms with Crippen LogP contribution < -0.4 is 9.74 Å². The summed E-state index contributed by atoms with van der Waals surface area (Å²) in [7, 11) is 0. The topological polar surface area (TPSA) is 101 Å². The van der Waals surface area contributed by atoms with Crippen molar-refractivity contribution in [3.8, 4) is 23.1 Å². The van der Waals surface area contributed by atoms with E-state index in [4.69, 9.17) is 19.3 Å². The summed E-state index contributed by atoms with van der Waals surface area (Å²) in [6.07, 6.45) is 2.35. The number of hydrogen-bond donors (Lipinski definition) is 0. The first-order chi connectivity index (χ1) is 18.8. The predicted octanol–water partition coefficient (Wildman–Crippen LogP) is 4.01. The van der Waals surface area contributed by atoms with Crippen molar-refractivity contribution in [1.82, 2.24) is 15.0 Å². The van der Waals surface area contributed by atoms with E-state index in [1.807, 2.05) is 32.9 Å². The zero-order chi connectivity index (χ0) is 27.4. The number of esters is 1. The quantitative estimate of drug-likeness (QED) is 0.422. The fraction of sp³-hybridized carbons (Fsp3) is 0.400. The molecule has 2 saturated heterocycles. The van der Waals surface area contributed by atoms with Crippen LogP contribution in [-0.4, -0.2) is 66.0 Å². The van der Waals surface area contributed by atoms with Crippen molar-refractivity contribution >= 4 is 11.7 Å². The Morgan fingerprint density at radius 2 is 1.85 bits per heavy atom. The second-order valence-corrected chi connectivity index (χ2v) is 10.8. The minimum atomic E-state index is -0.517. The Morgan fingerprint density at radius 3 is 2.54 bits per heavy atom. The van der Waals surface area contributed by atoms with Crippen LogP contribution in [-0.2, 0) is 20.7 Å². The summed E-state index contributed by atoms with van der Waals surface area (Å²) in [5.74, 6) is 0.688. The predicted molar refractivity (Wildman–Crippen MR) is 146 cm³/mol. The Morgan fingerprint density at radius 1 is 1.10 bits per heavy atom. The van der Waals surface area contributed by atoms with Crippen LogP contribution in [0.3, 0.4) is 0 Å². The van der Waals surface area contributed by atoms with Crippen molar-refractivity contribution in [3.05, 3.63) is 71.7 Å². The minimum Gasteiger partial charge on any atom is -0.460 e. The zero-order valence-electron chi connectivity index (χ0n) is 22.6. The molecule has 0 spiro atoms. The molecule has 5 rings (SSSR count). The number of benzene rings is 2. The molecule has 0 aliphatic carbocycles. The maximum atomic E-state index is 12.2. The standard InChI is InChI=1S/C30H33N5O4/c1-30(2,3)38-29(36)24-19-35(20-24)39-27-9-6-22(17-23(27)18-31)26-10-11-32-28(33-26)16-21-4-7-25(8-5-21)34-12-14-37-15-13-34/h4-11,17,24H,12-16,19-20H2,1-3H3. The van der Waals surface area contributed by atoms with Gasteiger partial charge in [0.2, 0.25) is 0 Å². The number of rotatable bonds is 7. The summed E-state index contributed by atoms with van der Waals surface area (Å²) in [6, 6.07) is 18.0. The van der Waals surface area contributed by atoms with E-state index >= 15 is 0 Å². The Labute approximate surface area is 228 Å². The molecule has 0 bridgehead atoms. The van der Waals surface area contributed by atoms with Gasteiger partial charge in [0.25, 0.3) is 0 Å². The second-order valence-electron chi connectivity index (χ2n) is 10.8. The zero-order valence-corrected chi connectivity index (χ0v) is 22.6.